The number of rotatable bonds is 6. The topological polar surface area (TPSA) is 56.5 Å². The highest BCUT2D eigenvalue weighted by molar-refractivity contribution is 5.93. The largest absolute Gasteiger partial charge is 0.309 e. The second-order valence-corrected chi connectivity index (χ2v) is 11.2. The number of aryl methyl sites for hydroxylation is 1. The van der Waals surface area contributed by atoms with Crippen LogP contribution in [0.4, 0.5) is 0 Å². The Bertz CT molecular complexity index is 2220. The first kappa shape index (κ1) is 27.4. The molecule has 0 radical (unpaired) electrons. The maximum absolute atomic E-state index is 4.85. The van der Waals surface area contributed by atoms with Crippen LogP contribution in [-0.4, -0.2) is 24.5 Å². The van der Waals surface area contributed by atoms with E-state index < -0.39 is 0 Å². The number of para-hydroxylation sites is 1. The zero-order valence-electron chi connectivity index (χ0n) is 25.2. The Hall–Kier alpha value is -6.20. The number of aromatic nitrogens is 5. The molecule has 0 aliphatic heterocycles. The predicted octanol–water partition coefficient (Wildman–Crippen LogP) is 9.85. The van der Waals surface area contributed by atoms with Crippen molar-refractivity contribution in [3.63, 3.8) is 0 Å². The Labute approximate surface area is 267 Å². The second kappa shape index (κ2) is 11.7. The van der Waals surface area contributed by atoms with E-state index in [4.69, 9.17) is 15.0 Å². The molecule has 46 heavy (non-hydrogen) atoms. The SMILES string of the molecule is Cc1c(-c2ccccc2)n(-c2ccc(-c3ccc(-c4nc(-c5ccccc5)nc(-c5ccccn5)n4)cc3)cc2)c2ccccc12. The highest BCUT2D eigenvalue weighted by Crippen LogP contribution is 2.36. The van der Waals surface area contributed by atoms with Gasteiger partial charge in [-0.3, -0.25) is 4.98 Å². The van der Waals surface area contributed by atoms with Gasteiger partial charge in [0.25, 0.3) is 0 Å². The Morgan fingerprint density at radius 1 is 0.435 bits per heavy atom. The Balaban J connectivity index is 1.15. The van der Waals surface area contributed by atoms with Crippen molar-refractivity contribution in [3.05, 3.63) is 163 Å². The lowest BCUT2D eigenvalue weighted by atomic mass is 10.0. The van der Waals surface area contributed by atoms with Gasteiger partial charge in [0.05, 0.1) is 11.2 Å². The standard InChI is InChI=1S/C41H29N5/c1-28-35-16-8-9-18-37(35)46(38(28)31-12-4-2-5-13-31)34-25-23-30(24-26-34)29-19-21-33(22-20-29)40-43-39(32-14-6-3-7-15-32)44-41(45-40)36-17-10-11-27-42-36/h2-27H,1H3. The summed E-state index contributed by atoms with van der Waals surface area (Å²) in [6.07, 6.45) is 1.75. The molecule has 0 spiro atoms. The van der Waals surface area contributed by atoms with Crippen LogP contribution in [0, 0.1) is 6.92 Å². The molecule has 0 saturated carbocycles. The summed E-state index contributed by atoms with van der Waals surface area (Å²) in [5, 5.41) is 1.26. The van der Waals surface area contributed by atoms with Crippen LogP contribution in [0.3, 0.4) is 0 Å². The van der Waals surface area contributed by atoms with Crippen molar-refractivity contribution in [2.75, 3.05) is 0 Å². The van der Waals surface area contributed by atoms with Crippen LogP contribution in [0.5, 0.6) is 0 Å². The summed E-state index contributed by atoms with van der Waals surface area (Å²) in [5.41, 5.74) is 10.8. The lowest BCUT2D eigenvalue weighted by Crippen LogP contribution is -2.01. The van der Waals surface area contributed by atoms with E-state index in [1.54, 1.807) is 6.20 Å². The Morgan fingerprint density at radius 3 is 1.61 bits per heavy atom. The maximum atomic E-state index is 4.85. The first-order valence-corrected chi connectivity index (χ1v) is 15.3. The van der Waals surface area contributed by atoms with Crippen molar-refractivity contribution in [2.24, 2.45) is 0 Å². The molecule has 3 heterocycles. The number of benzene rings is 5. The number of pyridine rings is 1. The van der Waals surface area contributed by atoms with Crippen molar-refractivity contribution in [3.8, 4) is 62.4 Å². The third-order valence-electron chi connectivity index (χ3n) is 8.34. The van der Waals surface area contributed by atoms with Gasteiger partial charge >= 0.3 is 0 Å². The van der Waals surface area contributed by atoms with Gasteiger partial charge in [0.1, 0.15) is 5.69 Å². The summed E-state index contributed by atoms with van der Waals surface area (Å²) in [5.74, 6) is 1.78. The summed E-state index contributed by atoms with van der Waals surface area (Å²) < 4.78 is 2.37. The van der Waals surface area contributed by atoms with Gasteiger partial charge in [-0.1, -0.05) is 121 Å². The van der Waals surface area contributed by atoms with Crippen LogP contribution in [0.1, 0.15) is 5.56 Å². The average molecular weight is 592 g/mol. The molecule has 0 saturated heterocycles. The minimum absolute atomic E-state index is 0.548. The van der Waals surface area contributed by atoms with Crippen LogP contribution < -0.4 is 0 Å². The van der Waals surface area contributed by atoms with Gasteiger partial charge in [-0.05, 0) is 59.5 Å². The normalized spacial score (nSPS) is 11.2. The van der Waals surface area contributed by atoms with Crippen molar-refractivity contribution in [1.29, 1.82) is 0 Å². The number of hydrogen-bond acceptors (Lipinski definition) is 4. The third kappa shape index (κ3) is 5.04. The van der Waals surface area contributed by atoms with E-state index in [1.807, 2.05) is 48.5 Å². The molecule has 3 aromatic heterocycles. The molecule has 8 rings (SSSR count). The van der Waals surface area contributed by atoms with E-state index >= 15 is 0 Å². The lowest BCUT2D eigenvalue weighted by molar-refractivity contribution is 1.06. The molecule has 0 amide bonds. The minimum atomic E-state index is 0.548. The molecule has 5 aromatic carbocycles. The molecule has 0 atom stereocenters. The second-order valence-electron chi connectivity index (χ2n) is 11.2. The van der Waals surface area contributed by atoms with Gasteiger partial charge in [0.15, 0.2) is 17.5 Å². The monoisotopic (exact) mass is 591 g/mol. The predicted molar refractivity (Wildman–Crippen MR) is 186 cm³/mol. The molecule has 0 bridgehead atoms. The van der Waals surface area contributed by atoms with E-state index in [-0.39, 0.29) is 0 Å². The summed E-state index contributed by atoms with van der Waals surface area (Å²) in [6, 6.07) is 52.2. The van der Waals surface area contributed by atoms with Crippen molar-refractivity contribution >= 4 is 10.9 Å². The highest BCUT2D eigenvalue weighted by Gasteiger charge is 2.17. The molecule has 5 nitrogen and oxygen atoms in total. The van der Waals surface area contributed by atoms with Crippen LogP contribution in [0.25, 0.3) is 73.3 Å². The number of fused-ring (bicyclic) bond motifs is 1. The number of hydrogen-bond donors (Lipinski definition) is 0. The summed E-state index contributed by atoms with van der Waals surface area (Å²) in [4.78, 5) is 18.9. The highest BCUT2D eigenvalue weighted by atomic mass is 15.0. The summed E-state index contributed by atoms with van der Waals surface area (Å²) in [7, 11) is 0. The molecule has 0 unspecified atom stereocenters. The zero-order valence-corrected chi connectivity index (χ0v) is 25.2. The Kier molecular flexibility index (Phi) is 6.97. The van der Waals surface area contributed by atoms with Crippen molar-refractivity contribution < 1.29 is 0 Å². The van der Waals surface area contributed by atoms with E-state index in [2.05, 4.69) is 120 Å². The molecule has 0 fully saturated rings. The molecular formula is C41H29N5. The van der Waals surface area contributed by atoms with Crippen LogP contribution in [-0.2, 0) is 0 Å². The van der Waals surface area contributed by atoms with E-state index in [0.29, 0.717) is 23.2 Å². The first-order valence-electron chi connectivity index (χ1n) is 15.3. The van der Waals surface area contributed by atoms with Gasteiger partial charge in [0, 0.05) is 28.4 Å². The fraction of sp³-hybridized carbons (Fsp3) is 0.0244. The third-order valence-corrected chi connectivity index (χ3v) is 8.34. The lowest BCUT2D eigenvalue weighted by Gasteiger charge is -2.13. The minimum Gasteiger partial charge on any atom is -0.309 e. The Morgan fingerprint density at radius 2 is 0.957 bits per heavy atom. The van der Waals surface area contributed by atoms with Gasteiger partial charge in [0.2, 0.25) is 0 Å². The molecule has 5 heteroatoms. The molecule has 0 aliphatic rings. The summed E-state index contributed by atoms with van der Waals surface area (Å²) >= 11 is 0. The van der Waals surface area contributed by atoms with Crippen molar-refractivity contribution in [1.82, 2.24) is 24.5 Å². The molecule has 0 N–H and O–H groups in total. The fourth-order valence-electron chi connectivity index (χ4n) is 6.06. The molecule has 0 aliphatic carbocycles. The van der Waals surface area contributed by atoms with Crippen molar-refractivity contribution in [2.45, 2.75) is 6.92 Å². The molecule has 218 valence electrons. The van der Waals surface area contributed by atoms with E-state index in [1.165, 1.54) is 27.7 Å². The van der Waals surface area contributed by atoms with Gasteiger partial charge < -0.3 is 4.57 Å². The average Bonchev–Trinajstić information content (AvgIpc) is 3.44. The van der Waals surface area contributed by atoms with Crippen LogP contribution in [0.15, 0.2) is 158 Å². The zero-order chi connectivity index (χ0) is 30.9. The number of nitrogens with zero attached hydrogens (tertiary/aromatic N) is 5. The first-order chi connectivity index (χ1) is 22.7. The molecular weight excluding hydrogens is 562 g/mol. The summed E-state index contributed by atoms with van der Waals surface area (Å²) in [6.45, 7) is 2.21. The van der Waals surface area contributed by atoms with E-state index in [0.717, 1.165) is 27.9 Å². The van der Waals surface area contributed by atoms with E-state index in [9.17, 15) is 0 Å². The molecule has 8 aromatic rings. The fourth-order valence-corrected chi connectivity index (χ4v) is 6.06. The quantitative estimate of drug-likeness (QED) is 0.193. The van der Waals surface area contributed by atoms with Gasteiger partial charge in [-0.2, -0.15) is 0 Å². The maximum Gasteiger partial charge on any atom is 0.182 e. The van der Waals surface area contributed by atoms with Crippen LogP contribution >= 0.6 is 0 Å². The smallest absolute Gasteiger partial charge is 0.182 e. The van der Waals surface area contributed by atoms with Gasteiger partial charge in [-0.25, -0.2) is 15.0 Å². The van der Waals surface area contributed by atoms with Gasteiger partial charge in [-0.15, -0.1) is 0 Å². The van der Waals surface area contributed by atoms with Crippen LogP contribution in [0.2, 0.25) is 0 Å².